The van der Waals surface area contributed by atoms with Crippen LogP contribution in [0.5, 0.6) is 5.75 Å². The van der Waals surface area contributed by atoms with Gasteiger partial charge in [0, 0.05) is 17.1 Å². The fraction of sp³-hybridized carbons (Fsp3) is 0.0909. The Morgan fingerprint density at radius 3 is 2.85 bits per heavy atom. The van der Waals surface area contributed by atoms with Crippen LogP contribution in [0.3, 0.4) is 0 Å². The minimum Gasteiger partial charge on any atom is -0.490 e. The second kappa shape index (κ2) is 5.53. The zero-order valence-corrected chi connectivity index (χ0v) is 11.1. The smallest absolute Gasteiger partial charge is 0.312 e. The summed E-state index contributed by atoms with van der Waals surface area (Å²) in [7, 11) is 1.33. The second-order valence-electron chi connectivity index (χ2n) is 3.67. The van der Waals surface area contributed by atoms with Crippen molar-refractivity contribution in [3.05, 3.63) is 39.4 Å². The van der Waals surface area contributed by atoms with Crippen molar-refractivity contribution in [2.75, 3.05) is 18.2 Å². The summed E-state index contributed by atoms with van der Waals surface area (Å²) < 4.78 is 4.87. The van der Waals surface area contributed by atoms with Crippen LogP contribution in [0.1, 0.15) is 10.5 Å². The van der Waals surface area contributed by atoms with E-state index in [0.29, 0.717) is 0 Å². The molecule has 1 heterocycles. The predicted molar refractivity (Wildman–Crippen MR) is 74.1 cm³/mol. The molecular formula is C11H10N4O4S. The molecule has 0 saturated heterocycles. The lowest BCUT2D eigenvalue weighted by molar-refractivity contribution is -0.385. The zero-order chi connectivity index (χ0) is 14.7. The van der Waals surface area contributed by atoms with Gasteiger partial charge in [0.15, 0.2) is 10.9 Å². The number of aromatic nitrogens is 1. The number of rotatable bonds is 4. The second-order valence-corrected chi connectivity index (χ2v) is 4.56. The van der Waals surface area contributed by atoms with E-state index in [2.05, 4.69) is 10.3 Å². The molecule has 0 spiro atoms. The molecular weight excluding hydrogens is 284 g/mol. The fourth-order valence-corrected chi connectivity index (χ4v) is 2.04. The Kier molecular flexibility index (Phi) is 3.80. The van der Waals surface area contributed by atoms with Crippen molar-refractivity contribution in [3.8, 4) is 5.75 Å². The van der Waals surface area contributed by atoms with E-state index in [1.807, 2.05) is 0 Å². The average molecular weight is 294 g/mol. The van der Waals surface area contributed by atoms with Crippen LogP contribution in [0.2, 0.25) is 0 Å². The van der Waals surface area contributed by atoms with Crippen LogP contribution < -0.4 is 15.8 Å². The van der Waals surface area contributed by atoms with Crippen LogP contribution in [-0.2, 0) is 0 Å². The van der Waals surface area contributed by atoms with Crippen molar-refractivity contribution in [2.24, 2.45) is 0 Å². The van der Waals surface area contributed by atoms with Gasteiger partial charge in [0.2, 0.25) is 0 Å². The van der Waals surface area contributed by atoms with Gasteiger partial charge in [0.05, 0.1) is 12.0 Å². The molecule has 0 radical (unpaired) electrons. The van der Waals surface area contributed by atoms with Crippen molar-refractivity contribution < 1.29 is 14.5 Å². The van der Waals surface area contributed by atoms with E-state index in [9.17, 15) is 14.9 Å². The van der Waals surface area contributed by atoms with Gasteiger partial charge in [-0.15, -0.1) is 11.3 Å². The minimum atomic E-state index is -0.588. The number of carbonyl (C=O) groups excluding carboxylic acids is 1. The number of nitrogen functional groups attached to an aromatic ring is 1. The van der Waals surface area contributed by atoms with Crippen LogP contribution in [-0.4, -0.2) is 22.9 Å². The standard InChI is InChI=1S/C11H10N4O4S/c1-19-9-3-2-6(4-8(9)15(17)18)13-10(16)7-5-20-11(12)14-7/h2-5H,1H3,(H2,12,14)(H,13,16). The minimum absolute atomic E-state index is 0.117. The Labute approximate surface area is 117 Å². The number of hydrogen-bond donors (Lipinski definition) is 2. The number of methoxy groups -OCH3 is 1. The van der Waals surface area contributed by atoms with Crippen molar-refractivity contribution in [1.82, 2.24) is 4.98 Å². The van der Waals surface area contributed by atoms with Crippen LogP contribution >= 0.6 is 11.3 Å². The number of nitro benzene ring substituents is 1. The number of carbonyl (C=O) groups is 1. The van der Waals surface area contributed by atoms with E-state index in [1.54, 1.807) is 0 Å². The molecule has 0 aliphatic carbocycles. The van der Waals surface area contributed by atoms with E-state index in [-0.39, 0.29) is 27.9 Å². The van der Waals surface area contributed by atoms with E-state index >= 15 is 0 Å². The van der Waals surface area contributed by atoms with E-state index in [0.717, 1.165) is 11.3 Å². The third kappa shape index (κ3) is 2.83. The molecule has 1 amide bonds. The molecule has 2 rings (SSSR count). The lowest BCUT2D eigenvalue weighted by atomic mass is 10.2. The number of hydrogen-bond acceptors (Lipinski definition) is 7. The Bertz CT molecular complexity index is 670. The summed E-state index contributed by atoms with van der Waals surface area (Å²) in [6.45, 7) is 0. The first-order chi connectivity index (χ1) is 9.51. The van der Waals surface area contributed by atoms with Crippen LogP contribution in [0, 0.1) is 10.1 Å². The van der Waals surface area contributed by atoms with Crippen LogP contribution in [0.15, 0.2) is 23.6 Å². The van der Waals surface area contributed by atoms with Gasteiger partial charge in [0.1, 0.15) is 5.69 Å². The number of nitrogens with zero attached hydrogens (tertiary/aromatic N) is 2. The van der Waals surface area contributed by atoms with Gasteiger partial charge in [-0.25, -0.2) is 4.98 Å². The van der Waals surface area contributed by atoms with Crippen LogP contribution in [0.25, 0.3) is 0 Å². The summed E-state index contributed by atoms with van der Waals surface area (Å²) in [6, 6.07) is 4.12. The molecule has 8 nitrogen and oxygen atoms in total. The lowest BCUT2D eigenvalue weighted by Gasteiger charge is -2.05. The Morgan fingerprint density at radius 1 is 1.55 bits per heavy atom. The predicted octanol–water partition coefficient (Wildman–Crippen LogP) is 1.89. The number of nitrogens with one attached hydrogen (secondary N) is 1. The maximum Gasteiger partial charge on any atom is 0.312 e. The summed E-state index contributed by atoms with van der Waals surface area (Å²) in [5.74, 6) is -0.372. The first kappa shape index (κ1) is 13.7. The van der Waals surface area contributed by atoms with Gasteiger partial charge in [-0.1, -0.05) is 0 Å². The molecule has 104 valence electrons. The normalized spacial score (nSPS) is 10.1. The number of thiazole rings is 1. The van der Waals surface area contributed by atoms with Gasteiger partial charge >= 0.3 is 5.69 Å². The number of amides is 1. The lowest BCUT2D eigenvalue weighted by Crippen LogP contribution is -2.12. The highest BCUT2D eigenvalue weighted by Gasteiger charge is 2.17. The molecule has 2 aromatic rings. The molecule has 1 aromatic heterocycles. The summed E-state index contributed by atoms with van der Waals surface area (Å²) in [4.78, 5) is 26.0. The molecule has 0 saturated carbocycles. The highest BCUT2D eigenvalue weighted by atomic mass is 32.1. The zero-order valence-electron chi connectivity index (χ0n) is 10.3. The molecule has 0 atom stereocenters. The quantitative estimate of drug-likeness (QED) is 0.656. The average Bonchev–Trinajstić information content (AvgIpc) is 2.85. The van der Waals surface area contributed by atoms with Crippen LogP contribution in [0.4, 0.5) is 16.5 Å². The van der Waals surface area contributed by atoms with E-state index in [1.165, 1.54) is 30.7 Å². The number of nitrogens with two attached hydrogens (primary N) is 1. The SMILES string of the molecule is COc1ccc(NC(=O)c2csc(N)n2)cc1[N+](=O)[O-]. The largest absolute Gasteiger partial charge is 0.490 e. The molecule has 0 fully saturated rings. The molecule has 1 aromatic carbocycles. The third-order valence-electron chi connectivity index (χ3n) is 2.39. The molecule has 20 heavy (non-hydrogen) atoms. The highest BCUT2D eigenvalue weighted by molar-refractivity contribution is 7.13. The summed E-state index contributed by atoms with van der Waals surface area (Å²) in [6.07, 6.45) is 0. The van der Waals surface area contributed by atoms with E-state index < -0.39 is 10.8 Å². The first-order valence-corrected chi connectivity index (χ1v) is 6.24. The first-order valence-electron chi connectivity index (χ1n) is 5.36. The summed E-state index contributed by atoms with van der Waals surface area (Å²) in [5, 5.41) is 15.2. The van der Waals surface area contributed by atoms with Crippen molar-refractivity contribution in [2.45, 2.75) is 0 Å². The Morgan fingerprint density at radius 2 is 2.30 bits per heavy atom. The Hall–Kier alpha value is -2.68. The van der Waals surface area contributed by atoms with Crippen molar-refractivity contribution in [3.63, 3.8) is 0 Å². The molecule has 0 unspecified atom stereocenters. The molecule has 0 aliphatic rings. The van der Waals surface area contributed by atoms with E-state index in [4.69, 9.17) is 10.5 Å². The van der Waals surface area contributed by atoms with Gasteiger partial charge in [-0.3, -0.25) is 14.9 Å². The molecule has 0 bridgehead atoms. The molecule has 0 aliphatic heterocycles. The maximum atomic E-state index is 11.8. The summed E-state index contributed by atoms with van der Waals surface area (Å²) >= 11 is 1.14. The third-order valence-corrected chi connectivity index (χ3v) is 3.06. The monoisotopic (exact) mass is 294 g/mol. The fourth-order valence-electron chi connectivity index (χ4n) is 1.50. The summed E-state index contributed by atoms with van der Waals surface area (Å²) in [5.41, 5.74) is 5.63. The van der Waals surface area contributed by atoms with Gasteiger partial charge in [-0.05, 0) is 12.1 Å². The number of benzene rings is 1. The number of anilines is 2. The number of ether oxygens (including phenoxy) is 1. The van der Waals surface area contributed by atoms with Crippen molar-refractivity contribution in [1.29, 1.82) is 0 Å². The Balaban J connectivity index is 2.23. The molecule has 9 heteroatoms. The maximum absolute atomic E-state index is 11.8. The molecule has 3 N–H and O–H groups in total. The van der Waals surface area contributed by atoms with Gasteiger partial charge in [-0.2, -0.15) is 0 Å². The van der Waals surface area contributed by atoms with Gasteiger partial charge < -0.3 is 15.8 Å². The number of nitro groups is 1. The highest BCUT2D eigenvalue weighted by Crippen LogP contribution is 2.29. The van der Waals surface area contributed by atoms with Crippen molar-refractivity contribution >= 4 is 33.8 Å². The van der Waals surface area contributed by atoms with Gasteiger partial charge in [0.25, 0.3) is 5.91 Å². The topological polar surface area (TPSA) is 120 Å².